The van der Waals surface area contributed by atoms with Gasteiger partial charge in [0.15, 0.2) is 5.76 Å². The van der Waals surface area contributed by atoms with Crippen molar-refractivity contribution in [3.05, 3.63) is 42.1 Å². The minimum absolute atomic E-state index is 0.0403. The third kappa shape index (κ3) is 4.97. The first-order valence-electron chi connectivity index (χ1n) is 9.01. The van der Waals surface area contributed by atoms with Gasteiger partial charge in [0, 0.05) is 50.5 Å². The van der Waals surface area contributed by atoms with E-state index in [0.717, 1.165) is 32.5 Å². The maximum atomic E-state index is 12.6. The van der Waals surface area contributed by atoms with Crippen molar-refractivity contribution in [2.45, 2.75) is 37.6 Å². The van der Waals surface area contributed by atoms with E-state index in [1.807, 2.05) is 22.8 Å². The van der Waals surface area contributed by atoms with Crippen LogP contribution in [0.3, 0.4) is 0 Å². The Kier molecular flexibility index (Phi) is 5.96. The van der Waals surface area contributed by atoms with Crippen LogP contribution in [-0.4, -0.2) is 67.9 Å². The Hall–Kier alpha value is -2.82. The molecule has 2 unspecified atom stereocenters. The predicted molar refractivity (Wildman–Crippen MR) is 93.9 cm³/mol. The molecule has 0 aliphatic carbocycles. The number of aryl methyl sites for hydroxylation is 1. The van der Waals surface area contributed by atoms with E-state index in [1.54, 1.807) is 18.4 Å². The van der Waals surface area contributed by atoms with Crippen molar-refractivity contribution in [3.63, 3.8) is 0 Å². The molecule has 158 valence electrons. The van der Waals surface area contributed by atoms with Crippen molar-refractivity contribution in [1.29, 1.82) is 0 Å². The molecule has 2 fully saturated rings. The quantitative estimate of drug-likeness (QED) is 0.828. The molecule has 2 saturated heterocycles. The summed E-state index contributed by atoms with van der Waals surface area (Å²) in [6, 6.07) is 4.12. The van der Waals surface area contributed by atoms with Crippen molar-refractivity contribution in [3.8, 4) is 0 Å². The lowest BCUT2D eigenvalue weighted by atomic mass is 10.1. The highest BCUT2D eigenvalue weighted by Gasteiger charge is 2.43. The Balaban J connectivity index is 0.000000298. The summed E-state index contributed by atoms with van der Waals surface area (Å²) in [5, 5.41) is 11.4. The molecule has 0 saturated carbocycles. The van der Waals surface area contributed by atoms with E-state index in [1.165, 1.54) is 5.56 Å². The smallest absolute Gasteiger partial charge is 0.475 e. The topological polar surface area (TPSA) is 91.8 Å². The number of carbonyl (C=O) groups is 2. The van der Waals surface area contributed by atoms with E-state index in [9.17, 15) is 18.0 Å². The van der Waals surface area contributed by atoms with Crippen molar-refractivity contribution in [2.24, 2.45) is 7.05 Å². The average molecular weight is 414 g/mol. The van der Waals surface area contributed by atoms with Gasteiger partial charge in [-0.25, -0.2) is 4.79 Å². The minimum atomic E-state index is -5.08. The molecule has 0 radical (unpaired) electrons. The average Bonchev–Trinajstić information content (AvgIpc) is 3.35. The van der Waals surface area contributed by atoms with Gasteiger partial charge in [-0.15, -0.1) is 0 Å². The number of alkyl halides is 3. The number of furan rings is 1. The fourth-order valence-electron chi connectivity index (χ4n) is 3.79. The number of piperazine rings is 1. The van der Waals surface area contributed by atoms with Crippen LogP contribution in [0.2, 0.25) is 0 Å². The van der Waals surface area contributed by atoms with E-state index in [4.69, 9.17) is 14.3 Å². The fraction of sp³-hybridized carbons (Fsp3) is 0.500. The molecule has 4 heterocycles. The molecule has 2 bridgehead atoms. The van der Waals surface area contributed by atoms with E-state index in [-0.39, 0.29) is 5.91 Å². The van der Waals surface area contributed by atoms with Crippen LogP contribution in [-0.2, 0) is 18.4 Å². The Bertz CT molecular complexity index is 836. The zero-order valence-electron chi connectivity index (χ0n) is 15.7. The normalized spacial score (nSPS) is 21.6. The maximum Gasteiger partial charge on any atom is 0.490 e. The summed E-state index contributed by atoms with van der Waals surface area (Å²) in [6.45, 7) is 2.76. The lowest BCUT2D eigenvalue weighted by Gasteiger charge is -2.40. The second-order valence-corrected chi connectivity index (χ2v) is 7.09. The summed E-state index contributed by atoms with van der Waals surface area (Å²) in [4.78, 5) is 26.0. The second kappa shape index (κ2) is 8.27. The van der Waals surface area contributed by atoms with Crippen LogP contribution >= 0.6 is 0 Å². The molecule has 0 aromatic carbocycles. The van der Waals surface area contributed by atoms with Crippen LogP contribution in [0.25, 0.3) is 0 Å². The molecular weight excluding hydrogens is 393 g/mol. The van der Waals surface area contributed by atoms with Gasteiger partial charge in [-0.3, -0.25) is 14.4 Å². The van der Waals surface area contributed by atoms with E-state index < -0.39 is 12.1 Å². The van der Waals surface area contributed by atoms with E-state index in [2.05, 4.69) is 16.2 Å². The first kappa shape index (κ1) is 20.9. The molecule has 2 aromatic heterocycles. The van der Waals surface area contributed by atoms with Crippen LogP contribution < -0.4 is 0 Å². The Morgan fingerprint density at radius 2 is 1.90 bits per heavy atom. The van der Waals surface area contributed by atoms with Gasteiger partial charge in [-0.1, -0.05) is 0 Å². The zero-order chi connectivity index (χ0) is 21.2. The van der Waals surface area contributed by atoms with Gasteiger partial charge < -0.3 is 14.4 Å². The molecule has 2 aliphatic heterocycles. The van der Waals surface area contributed by atoms with Gasteiger partial charge in [0.25, 0.3) is 5.91 Å². The maximum absolute atomic E-state index is 12.6. The number of carboxylic acid groups (broad SMARTS) is 1. The first-order chi connectivity index (χ1) is 13.6. The number of hydrogen-bond donors (Lipinski definition) is 1. The van der Waals surface area contributed by atoms with Gasteiger partial charge in [-0.2, -0.15) is 18.3 Å². The number of hydrogen-bond acceptors (Lipinski definition) is 5. The van der Waals surface area contributed by atoms with E-state index in [0.29, 0.717) is 17.8 Å². The molecule has 0 spiro atoms. The number of carbonyl (C=O) groups excluding carboxylic acids is 1. The molecule has 11 heteroatoms. The molecule has 1 amide bonds. The lowest BCUT2D eigenvalue weighted by Crippen LogP contribution is -2.55. The SMILES string of the molecule is Cn1cc(CN2CC3CCC(C2)N3C(=O)c2ccco2)cn1.O=C(O)C(F)(F)F. The van der Waals surface area contributed by atoms with Crippen molar-refractivity contribution < 1.29 is 32.3 Å². The predicted octanol–water partition coefficient (Wildman–Crippen LogP) is 2.14. The summed E-state index contributed by atoms with van der Waals surface area (Å²) in [5.41, 5.74) is 1.23. The van der Waals surface area contributed by atoms with Gasteiger partial charge in [0.1, 0.15) is 0 Å². The molecule has 8 nitrogen and oxygen atoms in total. The fourth-order valence-corrected chi connectivity index (χ4v) is 3.79. The van der Waals surface area contributed by atoms with Crippen LogP contribution in [0.1, 0.15) is 29.0 Å². The number of aliphatic carboxylic acids is 1. The molecule has 1 N–H and O–H groups in total. The number of carboxylic acids is 1. The highest BCUT2D eigenvalue weighted by Crippen LogP contribution is 2.32. The summed E-state index contributed by atoms with van der Waals surface area (Å²) >= 11 is 0. The van der Waals surface area contributed by atoms with Gasteiger partial charge in [0.2, 0.25) is 0 Å². The van der Waals surface area contributed by atoms with Crippen LogP contribution in [0, 0.1) is 0 Å². The number of aromatic nitrogens is 2. The van der Waals surface area contributed by atoms with Gasteiger partial charge >= 0.3 is 12.1 Å². The van der Waals surface area contributed by atoms with Crippen LogP contribution in [0.5, 0.6) is 0 Å². The Morgan fingerprint density at radius 1 is 1.28 bits per heavy atom. The summed E-state index contributed by atoms with van der Waals surface area (Å²) in [5.74, 6) is -2.26. The third-order valence-corrected chi connectivity index (χ3v) is 4.93. The number of amides is 1. The first-order valence-corrected chi connectivity index (χ1v) is 9.01. The Labute approximate surface area is 164 Å². The van der Waals surface area contributed by atoms with E-state index >= 15 is 0 Å². The van der Waals surface area contributed by atoms with Gasteiger partial charge in [0.05, 0.1) is 12.5 Å². The number of likely N-dealkylation sites (tertiary alicyclic amines) is 1. The number of rotatable bonds is 3. The number of fused-ring (bicyclic) bond motifs is 2. The molecular formula is C18H21F3N4O4. The van der Waals surface area contributed by atoms with Crippen LogP contribution in [0.15, 0.2) is 35.2 Å². The number of nitrogens with zero attached hydrogens (tertiary/aromatic N) is 4. The zero-order valence-corrected chi connectivity index (χ0v) is 15.7. The number of halogens is 3. The van der Waals surface area contributed by atoms with Crippen LogP contribution in [0.4, 0.5) is 13.2 Å². The highest BCUT2D eigenvalue weighted by atomic mass is 19.4. The minimum Gasteiger partial charge on any atom is -0.475 e. The Morgan fingerprint density at radius 3 is 2.34 bits per heavy atom. The monoisotopic (exact) mass is 414 g/mol. The second-order valence-electron chi connectivity index (χ2n) is 7.09. The van der Waals surface area contributed by atoms with Crippen molar-refractivity contribution in [2.75, 3.05) is 13.1 Å². The summed E-state index contributed by atoms with van der Waals surface area (Å²) in [6.07, 6.45) is 2.62. The summed E-state index contributed by atoms with van der Waals surface area (Å²) < 4.78 is 38.9. The molecule has 2 aliphatic rings. The van der Waals surface area contributed by atoms with Crippen molar-refractivity contribution >= 4 is 11.9 Å². The lowest BCUT2D eigenvalue weighted by molar-refractivity contribution is -0.192. The molecule has 4 rings (SSSR count). The molecule has 2 aromatic rings. The summed E-state index contributed by atoms with van der Waals surface area (Å²) in [7, 11) is 1.94. The molecule has 29 heavy (non-hydrogen) atoms. The van der Waals surface area contributed by atoms with Gasteiger partial charge in [-0.05, 0) is 25.0 Å². The third-order valence-electron chi connectivity index (χ3n) is 4.93. The standard InChI is InChI=1S/C16H20N4O2.C2HF3O2/c1-18-8-12(7-17-18)9-19-10-13-4-5-14(11-19)20(13)16(21)15-3-2-6-22-15;3-2(4,5)1(6)7/h2-3,6-8,13-14H,4-5,9-11H2,1H3;(H,6,7). The van der Waals surface area contributed by atoms with Crippen molar-refractivity contribution in [1.82, 2.24) is 19.6 Å². The highest BCUT2D eigenvalue weighted by molar-refractivity contribution is 5.92. The molecule has 2 atom stereocenters. The largest absolute Gasteiger partial charge is 0.490 e.